The zero-order chi connectivity index (χ0) is 32.2. The maximum atomic E-state index is 12.8. The highest BCUT2D eigenvalue weighted by atomic mass is 16.5. The number of carbonyl (C=O) groups excluding carboxylic acids is 2. The van der Waals surface area contributed by atoms with E-state index >= 15 is 0 Å². The maximum absolute atomic E-state index is 12.8. The van der Waals surface area contributed by atoms with Gasteiger partial charge in [0, 0.05) is 79.2 Å². The van der Waals surface area contributed by atoms with Gasteiger partial charge in [-0.2, -0.15) is 0 Å². The number of aromatic nitrogens is 3. The van der Waals surface area contributed by atoms with Crippen molar-refractivity contribution < 1.29 is 14.3 Å². The maximum Gasteiger partial charge on any atom is 0.323 e. The smallest absolute Gasteiger partial charge is 0.323 e. The Morgan fingerprint density at radius 1 is 0.826 bits per heavy atom. The number of fused-ring (bicyclic) bond motifs is 3. The molecule has 5 aromatic rings. The lowest BCUT2D eigenvalue weighted by Gasteiger charge is -2.29. The average Bonchev–Trinajstić information content (AvgIpc) is 3.51. The molecule has 1 fully saturated rings. The van der Waals surface area contributed by atoms with Crippen molar-refractivity contribution in [1.29, 1.82) is 0 Å². The molecule has 2 N–H and O–H groups in total. The molecule has 11 heteroatoms. The first kappa shape index (κ1) is 31.0. The van der Waals surface area contributed by atoms with Gasteiger partial charge in [0.15, 0.2) is 5.82 Å². The zero-order valence-corrected chi connectivity index (χ0v) is 26.8. The third kappa shape index (κ3) is 6.65. The van der Waals surface area contributed by atoms with E-state index in [1.54, 1.807) is 36.2 Å². The Labute approximate surface area is 268 Å². The monoisotopic (exact) mass is 620 g/mol. The number of anilines is 3. The van der Waals surface area contributed by atoms with Crippen LogP contribution in [-0.4, -0.2) is 96.8 Å². The van der Waals surface area contributed by atoms with Gasteiger partial charge in [0.05, 0.1) is 24.2 Å². The van der Waals surface area contributed by atoms with Gasteiger partial charge in [0.1, 0.15) is 5.82 Å². The van der Waals surface area contributed by atoms with Crippen molar-refractivity contribution in [3.8, 4) is 11.4 Å². The number of benzene rings is 3. The van der Waals surface area contributed by atoms with Crippen molar-refractivity contribution in [2.24, 2.45) is 0 Å². The summed E-state index contributed by atoms with van der Waals surface area (Å²) in [4.78, 5) is 41.6. The molecule has 0 radical (unpaired) electrons. The summed E-state index contributed by atoms with van der Waals surface area (Å²) in [5.74, 6) is 1.47. The van der Waals surface area contributed by atoms with Crippen LogP contribution >= 0.6 is 0 Å². The lowest BCUT2D eigenvalue weighted by atomic mass is 10.1. The Kier molecular flexibility index (Phi) is 9.13. The number of aryl methyl sites for hydroxylation is 1. The summed E-state index contributed by atoms with van der Waals surface area (Å²) in [6, 6.07) is 20.4. The first-order chi connectivity index (χ1) is 22.3. The molecule has 0 spiro atoms. The molecule has 3 amide bonds. The number of carbonyl (C=O) groups is 2. The first-order valence-electron chi connectivity index (χ1n) is 15.6. The van der Waals surface area contributed by atoms with Crippen LogP contribution in [0, 0.1) is 0 Å². The summed E-state index contributed by atoms with van der Waals surface area (Å²) >= 11 is 0. The molecule has 238 valence electrons. The number of hydrogen-bond donors (Lipinski definition) is 2. The summed E-state index contributed by atoms with van der Waals surface area (Å²) in [5, 5.41) is 7.84. The highest BCUT2D eigenvalue weighted by Gasteiger charge is 2.20. The van der Waals surface area contributed by atoms with E-state index in [1.807, 2.05) is 43.3 Å². The highest BCUT2D eigenvalue weighted by Crippen LogP contribution is 2.33. The van der Waals surface area contributed by atoms with Crippen molar-refractivity contribution >= 4 is 50.9 Å². The topological polar surface area (TPSA) is 108 Å². The Balaban J connectivity index is 1.18. The molecule has 2 aromatic heterocycles. The third-order valence-corrected chi connectivity index (χ3v) is 8.27. The van der Waals surface area contributed by atoms with Crippen LogP contribution in [0.25, 0.3) is 33.2 Å². The number of nitrogens with zero attached hydrogens (tertiary/aromatic N) is 6. The molecule has 11 nitrogen and oxygen atoms in total. The van der Waals surface area contributed by atoms with E-state index in [4.69, 9.17) is 14.7 Å². The minimum absolute atomic E-state index is 0.0609. The highest BCUT2D eigenvalue weighted by molar-refractivity contribution is 6.08. The number of ether oxygens (including phenoxy) is 1. The van der Waals surface area contributed by atoms with Gasteiger partial charge >= 0.3 is 6.03 Å². The molecule has 3 heterocycles. The van der Waals surface area contributed by atoms with Gasteiger partial charge in [-0.3, -0.25) is 4.79 Å². The van der Waals surface area contributed by atoms with Crippen LogP contribution in [0.1, 0.15) is 17.3 Å². The van der Waals surface area contributed by atoms with Crippen molar-refractivity contribution in [3.63, 3.8) is 0 Å². The second-order valence-electron chi connectivity index (χ2n) is 11.7. The Bertz CT molecular complexity index is 1840. The van der Waals surface area contributed by atoms with Crippen LogP contribution < -0.4 is 15.5 Å². The van der Waals surface area contributed by atoms with E-state index in [1.165, 1.54) is 0 Å². The predicted molar refractivity (Wildman–Crippen MR) is 184 cm³/mol. The van der Waals surface area contributed by atoms with Crippen LogP contribution in [0.5, 0.6) is 0 Å². The molecule has 1 aliphatic rings. The van der Waals surface area contributed by atoms with Gasteiger partial charge in [-0.25, -0.2) is 14.8 Å². The summed E-state index contributed by atoms with van der Waals surface area (Å²) in [6.45, 7) is 7.29. The van der Waals surface area contributed by atoms with Crippen LogP contribution in [-0.2, 0) is 11.3 Å². The molecular formula is C35H40N8O3. The van der Waals surface area contributed by atoms with Crippen LogP contribution in [0.3, 0.4) is 0 Å². The fourth-order valence-corrected chi connectivity index (χ4v) is 5.63. The number of morpholine rings is 1. The lowest BCUT2D eigenvalue weighted by Crippen LogP contribution is -2.37. The number of rotatable bonds is 9. The Morgan fingerprint density at radius 2 is 1.50 bits per heavy atom. The molecule has 1 aliphatic heterocycles. The summed E-state index contributed by atoms with van der Waals surface area (Å²) < 4.78 is 7.83. The molecule has 0 saturated carbocycles. The van der Waals surface area contributed by atoms with Crippen molar-refractivity contribution in [2.45, 2.75) is 13.5 Å². The molecular weight excluding hydrogens is 580 g/mol. The van der Waals surface area contributed by atoms with Gasteiger partial charge in [0.2, 0.25) is 0 Å². The number of hydrogen-bond acceptors (Lipinski definition) is 7. The normalized spacial score (nSPS) is 13.4. The van der Waals surface area contributed by atoms with Gasteiger partial charge in [0.25, 0.3) is 5.91 Å². The van der Waals surface area contributed by atoms with Gasteiger partial charge in [-0.1, -0.05) is 0 Å². The molecule has 3 aromatic carbocycles. The van der Waals surface area contributed by atoms with Crippen molar-refractivity contribution in [1.82, 2.24) is 24.3 Å². The molecule has 6 rings (SSSR count). The second-order valence-corrected chi connectivity index (χ2v) is 11.7. The first-order valence-corrected chi connectivity index (χ1v) is 15.6. The number of nitrogens with one attached hydrogen (secondary N) is 2. The summed E-state index contributed by atoms with van der Waals surface area (Å²) in [6.07, 6.45) is 2.10. The van der Waals surface area contributed by atoms with Crippen molar-refractivity contribution in [2.75, 3.05) is 76.1 Å². The van der Waals surface area contributed by atoms with Crippen molar-refractivity contribution in [3.05, 3.63) is 78.5 Å². The van der Waals surface area contributed by atoms with Crippen LogP contribution in [0.2, 0.25) is 0 Å². The molecule has 0 bridgehead atoms. The Hall–Kier alpha value is -5.00. The van der Waals surface area contributed by atoms with E-state index in [-0.39, 0.29) is 11.9 Å². The van der Waals surface area contributed by atoms with Gasteiger partial charge in [-0.05, 0) is 87.7 Å². The molecule has 0 atom stereocenters. The summed E-state index contributed by atoms with van der Waals surface area (Å²) in [5.41, 5.74) is 4.71. The van der Waals surface area contributed by atoms with Crippen LogP contribution in [0.4, 0.5) is 22.0 Å². The molecule has 0 aliphatic carbocycles. The molecule has 0 unspecified atom stereocenters. The predicted octanol–water partition coefficient (Wildman–Crippen LogP) is 5.39. The zero-order valence-electron chi connectivity index (χ0n) is 26.8. The lowest BCUT2D eigenvalue weighted by molar-refractivity contribution is 0.0786. The van der Waals surface area contributed by atoms with Gasteiger partial charge < -0.3 is 34.6 Å². The van der Waals surface area contributed by atoms with E-state index in [2.05, 4.69) is 51.4 Å². The van der Waals surface area contributed by atoms with Crippen LogP contribution in [0.15, 0.2) is 72.9 Å². The number of likely N-dealkylation sites (N-methyl/N-ethyl adjacent to an activating group) is 2. The Morgan fingerprint density at radius 3 is 2.15 bits per heavy atom. The van der Waals surface area contributed by atoms with E-state index in [0.717, 1.165) is 59.4 Å². The SMILES string of the molecule is CCn1ccc2c3nc(-c4ccc(NC(=O)Nc5ccc(C(=O)N(C)CCN(C)C)cc5)cc4)nc(N4CCOCC4)c3ccc21. The minimum Gasteiger partial charge on any atom is -0.378 e. The minimum atomic E-state index is -0.380. The quantitative estimate of drug-likeness (QED) is 0.228. The van der Waals surface area contributed by atoms with Gasteiger partial charge in [-0.15, -0.1) is 0 Å². The largest absolute Gasteiger partial charge is 0.378 e. The number of urea groups is 1. The van der Waals surface area contributed by atoms with E-state index in [0.29, 0.717) is 42.5 Å². The van der Waals surface area contributed by atoms with E-state index in [9.17, 15) is 9.59 Å². The third-order valence-electron chi connectivity index (χ3n) is 8.27. The standard InChI is InChI=1S/C35H40N8O3/c1-5-42-17-16-28-30(42)15-14-29-31(28)38-32(39-33(29)43-20-22-46-23-21-43)24-6-10-26(11-7-24)36-35(45)37-27-12-8-25(9-13-27)34(44)41(4)19-18-40(2)3/h6-17H,5,18-23H2,1-4H3,(H2,36,37,45). The molecule has 1 saturated heterocycles. The van der Waals surface area contributed by atoms with E-state index < -0.39 is 0 Å². The average molecular weight is 621 g/mol. The number of amides is 3. The fraction of sp³-hybridized carbons (Fsp3) is 0.314. The fourth-order valence-electron chi connectivity index (χ4n) is 5.63. The molecule has 46 heavy (non-hydrogen) atoms. The second kappa shape index (κ2) is 13.6. The summed E-state index contributed by atoms with van der Waals surface area (Å²) in [7, 11) is 5.74.